The van der Waals surface area contributed by atoms with Crippen molar-refractivity contribution >= 4 is 0 Å². The quantitative estimate of drug-likeness (QED) is 0.784. The lowest BCUT2D eigenvalue weighted by atomic mass is 10.2. The molecule has 0 aliphatic carbocycles. The van der Waals surface area contributed by atoms with Crippen molar-refractivity contribution < 1.29 is 13.9 Å². The van der Waals surface area contributed by atoms with Crippen molar-refractivity contribution in [3.8, 4) is 0 Å². The van der Waals surface area contributed by atoms with Crippen LogP contribution in [0.1, 0.15) is 25.3 Å². The van der Waals surface area contributed by atoms with Crippen LogP contribution in [0.4, 0.5) is 8.78 Å². The van der Waals surface area contributed by atoms with Crippen molar-refractivity contribution in [1.29, 1.82) is 0 Å². The Bertz CT molecular complexity index is 311. The molecule has 1 aromatic rings. The van der Waals surface area contributed by atoms with E-state index in [2.05, 4.69) is 5.32 Å². The Balaban J connectivity index is 2.37. The number of benzene rings is 1. The highest BCUT2D eigenvalue weighted by molar-refractivity contribution is 5.17. The first-order chi connectivity index (χ1) is 7.61. The fourth-order valence-electron chi connectivity index (χ4n) is 1.53. The minimum atomic E-state index is -0.578. The normalized spacial score (nSPS) is 12.8. The lowest BCUT2D eigenvalue weighted by Crippen LogP contribution is -2.26. The average molecular weight is 229 g/mol. The fraction of sp³-hybridized carbons (Fsp3) is 0.500. The molecule has 1 rings (SSSR count). The van der Waals surface area contributed by atoms with Crippen molar-refractivity contribution in [3.63, 3.8) is 0 Å². The van der Waals surface area contributed by atoms with Crippen molar-refractivity contribution in [1.82, 2.24) is 5.32 Å². The third-order valence-corrected chi connectivity index (χ3v) is 2.25. The lowest BCUT2D eigenvalue weighted by Gasteiger charge is -2.10. The first-order valence-corrected chi connectivity index (χ1v) is 5.45. The maximum atomic E-state index is 12.8. The van der Waals surface area contributed by atoms with Gasteiger partial charge in [0.1, 0.15) is 11.6 Å². The van der Waals surface area contributed by atoms with E-state index in [1.807, 2.05) is 6.92 Å². The number of hydrogen-bond donors (Lipinski definition) is 2. The topological polar surface area (TPSA) is 32.3 Å². The van der Waals surface area contributed by atoms with E-state index in [0.29, 0.717) is 18.7 Å². The van der Waals surface area contributed by atoms with Crippen LogP contribution >= 0.6 is 0 Å². The summed E-state index contributed by atoms with van der Waals surface area (Å²) in [7, 11) is 0. The summed E-state index contributed by atoms with van der Waals surface area (Å²) in [6.07, 6.45) is 1.24. The molecule has 2 N–H and O–H groups in total. The molecule has 1 atom stereocenters. The van der Waals surface area contributed by atoms with Crippen LogP contribution in [0.15, 0.2) is 18.2 Å². The Morgan fingerprint density at radius 2 is 1.88 bits per heavy atom. The van der Waals surface area contributed by atoms with E-state index in [9.17, 15) is 13.9 Å². The maximum Gasteiger partial charge on any atom is 0.126 e. The van der Waals surface area contributed by atoms with Gasteiger partial charge in [0.25, 0.3) is 0 Å². The van der Waals surface area contributed by atoms with Crippen LogP contribution in [0.2, 0.25) is 0 Å². The van der Waals surface area contributed by atoms with Gasteiger partial charge in [-0.15, -0.1) is 0 Å². The van der Waals surface area contributed by atoms with E-state index >= 15 is 0 Å². The van der Waals surface area contributed by atoms with Crippen molar-refractivity contribution in [2.24, 2.45) is 0 Å². The van der Waals surface area contributed by atoms with Crippen molar-refractivity contribution in [2.45, 2.75) is 32.4 Å². The van der Waals surface area contributed by atoms with Crippen molar-refractivity contribution in [2.75, 3.05) is 6.54 Å². The number of hydrogen-bond acceptors (Lipinski definition) is 2. The molecule has 0 aliphatic rings. The number of aliphatic hydroxyl groups is 1. The highest BCUT2D eigenvalue weighted by Crippen LogP contribution is 2.07. The van der Waals surface area contributed by atoms with E-state index in [-0.39, 0.29) is 0 Å². The van der Waals surface area contributed by atoms with Crippen LogP contribution in [-0.2, 0) is 6.54 Å². The first-order valence-electron chi connectivity index (χ1n) is 5.45. The van der Waals surface area contributed by atoms with Gasteiger partial charge in [0, 0.05) is 19.2 Å². The Morgan fingerprint density at radius 1 is 1.25 bits per heavy atom. The molecule has 16 heavy (non-hydrogen) atoms. The second kappa shape index (κ2) is 6.55. The van der Waals surface area contributed by atoms with Gasteiger partial charge >= 0.3 is 0 Å². The molecule has 0 fully saturated rings. The molecule has 0 saturated carbocycles. The summed E-state index contributed by atoms with van der Waals surface area (Å²) in [5, 5.41) is 12.4. The summed E-state index contributed by atoms with van der Waals surface area (Å²) in [6, 6.07) is 3.40. The SMILES string of the molecule is CCCC(O)CNCc1cc(F)cc(F)c1. The van der Waals surface area contributed by atoms with Gasteiger partial charge in [-0.05, 0) is 24.1 Å². The van der Waals surface area contributed by atoms with E-state index in [4.69, 9.17) is 0 Å². The maximum absolute atomic E-state index is 12.8. The van der Waals surface area contributed by atoms with E-state index in [0.717, 1.165) is 18.9 Å². The molecule has 0 radical (unpaired) electrons. The molecule has 90 valence electrons. The summed E-state index contributed by atoms with van der Waals surface area (Å²) >= 11 is 0. The van der Waals surface area contributed by atoms with E-state index in [1.165, 1.54) is 12.1 Å². The summed E-state index contributed by atoms with van der Waals surface area (Å²) in [5.41, 5.74) is 0.543. The highest BCUT2D eigenvalue weighted by Gasteiger charge is 2.03. The molecule has 0 aliphatic heterocycles. The predicted octanol–water partition coefficient (Wildman–Crippen LogP) is 2.22. The molecular weight excluding hydrogens is 212 g/mol. The summed E-state index contributed by atoms with van der Waals surface area (Å²) < 4.78 is 25.6. The van der Waals surface area contributed by atoms with Crippen LogP contribution in [0.25, 0.3) is 0 Å². The molecule has 0 bridgehead atoms. The zero-order valence-electron chi connectivity index (χ0n) is 9.34. The zero-order chi connectivity index (χ0) is 12.0. The number of rotatable bonds is 6. The molecule has 0 spiro atoms. The van der Waals surface area contributed by atoms with Gasteiger partial charge in [-0.3, -0.25) is 0 Å². The Labute approximate surface area is 94.3 Å². The molecule has 0 aromatic heterocycles. The monoisotopic (exact) mass is 229 g/mol. The van der Waals surface area contributed by atoms with Crippen molar-refractivity contribution in [3.05, 3.63) is 35.4 Å². The second-order valence-electron chi connectivity index (χ2n) is 3.85. The summed E-state index contributed by atoms with van der Waals surface area (Å²) in [4.78, 5) is 0. The zero-order valence-corrected chi connectivity index (χ0v) is 9.34. The van der Waals surface area contributed by atoms with Crippen LogP contribution in [0, 0.1) is 11.6 Å². The number of aliphatic hydroxyl groups excluding tert-OH is 1. The van der Waals surface area contributed by atoms with Gasteiger partial charge in [0.05, 0.1) is 6.10 Å². The summed E-state index contributed by atoms with van der Waals surface area (Å²) in [6.45, 7) is 2.78. The minimum absolute atomic E-state index is 0.357. The molecule has 0 heterocycles. The molecule has 1 aromatic carbocycles. The Kier molecular flexibility index (Phi) is 5.35. The Morgan fingerprint density at radius 3 is 2.44 bits per heavy atom. The first kappa shape index (κ1) is 13.1. The number of nitrogens with one attached hydrogen (secondary N) is 1. The smallest absolute Gasteiger partial charge is 0.126 e. The predicted molar refractivity (Wildman–Crippen MR) is 59.0 cm³/mol. The van der Waals surface area contributed by atoms with Crippen LogP contribution in [0.3, 0.4) is 0 Å². The second-order valence-corrected chi connectivity index (χ2v) is 3.85. The molecule has 4 heteroatoms. The van der Waals surface area contributed by atoms with Gasteiger partial charge in [-0.25, -0.2) is 8.78 Å². The van der Waals surface area contributed by atoms with Gasteiger partial charge in [-0.2, -0.15) is 0 Å². The average Bonchev–Trinajstić information content (AvgIpc) is 2.16. The van der Waals surface area contributed by atoms with Gasteiger partial charge in [0.15, 0.2) is 0 Å². The lowest BCUT2D eigenvalue weighted by molar-refractivity contribution is 0.160. The minimum Gasteiger partial charge on any atom is -0.392 e. The van der Waals surface area contributed by atoms with Gasteiger partial charge < -0.3 is 10.4 Å². The van der Waals surface area contributed by atoms with E-state index < -0.39 is 17.7 Å². The molecule has 0 saturated heterocycles. The number of halogens is 2. The van der Waals surface area contributed by atoms with E-state index in [1.54, 1.807) is 0 Å². The Hall–Kier alpha value is -1.00. The fourth-order valence-corrected chi connectivity index (χ4v) is 1.53. The van der Waals surface area contributed by atoms with Crippen LogP contribution < -0.4 is 5.32 Å². The third-order valence-electron chi connectivity index (χ3n) is 2.25. The molecular formula is C12H17F2NO. The molecule has 2 nitrogen and oxygen atoms in total. The third kappa shape index (κ3) is 4.68. The van der Waals surface area contributed by atoms with Crippen LogP contribution in [0.5, 0.6) is 0 Å². The molecule has 0 amide bonds. The largest absolute Gasteiger partial charge is 0.392 e. The molecule has 1 unspecified atom stereocenters. The van der Waals surface area contributed by atoms with Gasteiger partial charge in [-0.1, -0.05) is 13.3 Å². The van der Waals surface area contributed by atoms with Gasteiger partial charge in [0.2, 0.25) is 0 Å². The van der Waals surface area contributed by atoms with Crippen LogP contribution in [-0.4, -0.2) is 17.8 Å². The highest BCUT2D eigenvalue weighted by atomic mass is 19.1. The summed E-state index contributed by atoms with van der Waals surface area (Å²) in [5.74, 6) is -1.16. The standard InChI is InChI=1S/C12H17F2NO/c1-2-3-12(16)8-15-7-9-4-10(13)6-11(14)5-9/h4-6,12,15-16H,2-3,7-8H2,1H3.